The summed E-state index contributed by atoms with van der Waals surface area (Å²) in [5.41, 5.74) is 2.43. The zero-order valence-corrected chi connectivity index (χ0v) is 14.1. The van der Waals surface area contributed by atoms with Crippen LogP contribution in [0.25, 0.3) is 0 Å². The fourth-order valence-electron chi connectivity index (χ4n) is 3.32. The first kappa shape index (κ1) is 17.0. The van der Waals surface area contributed by atoms with Crippen molar-refractivity contribution in [3.8, 4) is 5.75 Å². The van der Waals surface area contributed by atoms with Gasteiger partial charge in [0.2, 0.25) is 0 Å². The highest BCUT2D eigenvalue weighted by Gasteiger charge is 2.35. The van der Waals surface area contributed by atoms with Crippen molar-refractivity contribution in [3.05, 3.63) is 28.8 Å². The average molecular weight is 278 g/mol. The van der Waals surface area contributed by atoms with Crippen LogP contribution < -0.4 is 4.74 Å². The molecule has 0 heterocycles. The summed E-state index contributed by atoms with van der Waals surface area (Å²) in [6.45, 7) is 12.7. The molecule has 0 aromatic heterocycles. The molecule has 114 valence electrons. The van der Waals surface area contributed by atoms with E-state index in [2.05, 4.69) is 47.6 Å². The lowest BCUT2D eigenvalue weighted by Gasteiger charge is -2.34. The molecule has 1 rings (SSSR count). The molecule has 2 heteroatoms. The highest BCUT2D eigenvalue weighted by Crippen LogP contribution is 2.42. The van der Waals surface area contributed by atoms with Gasteiger partial charge in [0.15, 0.2) is 0 Å². The molecule has 0 saturated heterocycles. The van der Waals surface area contributed by atoms with Crippen LogP contribution in [0.3, 0.4) is 0 Å². The predicted octanol–water partition coefficient (Wildman–Crippen LogP) is 4.59. The summed E-state index contributed by atoms with van der Waals surface area (Å²) in [4.78, 5) is 0. The van der Waals surface area contributed by atoms with E-state index in [0.29, 0.717) is 11.8 Å². The second kappa shape index (κ2) is 6.62. The Kier molecular flexibility index (Phi) is 5.64. The number of ether oxygens (including phenoxy) is 1. The lowest BCUT2D eigenvalue weighted by atomic mass is 9.77. The SMILES string of the molecule is COc1cc(C)cc(C)c1C(O)(CC(C)C)CC(C)C. The fourth-order valence-corrected chi connectivity index (χ4v) is 3.32. The van der Waals surface area contributed by atoms with Gasteiger partial charge in [-0.25, -0.2) is 0 Å². The largest absolute Gasteiger partial charge is 0.496 e. The van der Waals surface area contributed by atoms with E-state index in [1.807, 2.05) is 6.07 Å². The van der Waals surface area contributed by atoms with Gasteiger partial charge in [0.05, 0.1) is 12.7 Å². The summed E-state index contributed by atoms with van der Waals surface area (Å²) in [5, 5.41) is 11.3. The van der Waals surface area contributed by atoms with E-state index >= 15 is 0 Å². The van der Waals surface area contributed by atoms with Gasteiger partial charge in [0.25, 0.3) is 0 Å². The standard InChI is InChI=1S/C18H30O2/c1-12(2)10-18(19,11-13(3)4)17-15(6)8-14(5)9-16(17)20-7/h8-9,12-13,19H,10-11H2,1-7H3. The molecule has 0 atom stereocenters. The Labute approximate surface area is 124 Å². The van der Waals surface area contributed by atoms with Gasteiger partial charge >= 0.3 is 0 Å². The quantitative estimate of drug-likeness (QED) is 0.824. The van der Waals surface area contributed by atoms with Crippen molar-refractivity contribution in [3.63, 3.8) is 0 Å². The van der Waals surface area contributed by atoms with Crippen LogP contribution >= 0.6 is 0 Å². The highest BCUT2D eigenvalue weighted by atomic mass is 16.5. The van der Waals surface area contributed by atoms with Gasteiger partial charge in [-0.05, 0) is 55.7 Å². The van der Waals surface area contributed by atoms with E-state index in [-0.39, 0.29) is 0 Å². The zero-order chi connectivity index (χ0) is 15.5. The van der Waals surface area contributed by atoms with Crippen molar-refractivity contribution >= 4 is 0 Å². The Morgan fingerprint density at radius 3 is 1.95 bits per heavy atom. The maximum atomic E-state index is 11.3. The van der Waals surface area contributed by atoms with E-state index in [1.54, 1.807) is 7.11 Å². The van der Waals surface area contributed by atoms with Crippen molar-refractivity contribution in [2.24, 2.45) is 11.8 Å². The minimum atomic E-state index is -0.814. The molecule has 0 saturated carbocycles. The summed E-state index contributed by atoms with van der Waals surface area (Å²) in [5.74, 6) is 1.68. The number of rotatable bonds is 6. The average Bonchev–Trinajstić information content (AvgIpc) is 2.24. The number of benzene rings is 1. The van der Waals surface area contributed by atoms with Gasteiger partial charge in [-0.3, -0.25) is 0 Å². The van der Waals surface area contributed by atoms with Gasteiger partial charge in [0, 0.05) is 5.56 Å². The molecule has 2 nitrogen and oxygen atoms in total. The van der Waals surface area contributed by atoms with Crippen LogP contribution in [-0.2, 0) is 5.60 Å². The monoisotopic (exact) mass is 278 g/mol. The summed E-state index contributed by atoms with van der Waals surface area (Å²) in [6, 6.07) is 4.15. The van der Waals surface area contributed by atoms with Crippen LogP contribution in [0.5, 0.6) is 5.75 Å². The number of hydrogen-bond donors (Lipinski definition) is 1. The topological polar surface area (TPSA) is 29.5 Å². The van der Waals surface area contributed by atoms with Crippen LogP contribution in [0.4, 0.5) is 0 Å². The minimum Gasteiger partial charge on any atom is -0.496 e. The fraction of sp³-hybridized carbons (Fsp3) is 0.667. The molecule has 0 amide bonds. The summed E-state index contributed by atoms with van der Waals surface area (Å²) in [6.07, 6.45) is 1.51. The van der Waals surface area contributed by atoms with E-state index in [1.165, 1.54) is 5.56 Å². The maximum Gasteiger partial charge on any atom is 0.125 e. The molecule has 0 fully saturated rings. The van der Waals surface area contributed by atoms with Crippen LogP contribution in [-0.4, -0.2) is 12.2 Å². The first-order valence-electron chi connectivity index (χ1n) is 7.57. The molecule has 0 aliphatic rings. The van der Waals surface area contributed by atoms with Crippen LogP contribution in [0.15, 0.2) is 12.1 Å². The van der Waals surface area contributed by atoms with Gasteiger partial charge in [-0.2, -0.15) is 0 Å². The number of aliphatic hydroxyl groups is 1. The Morgan fingerprint density at radius 1 is 1.05 bits per heavy atom. The van der Waals surface area contributed by atoms with Gasteiger partial charge < -0.3 is 9.84 Å². The number of methoxy groups -OCH3 is 1. The third kappa shape index (κ3) is 3.99. The smallest absolute Gasteiger partial charge is 0.125 e. The third-order valence-electron chi connectivity index (χ3n) is 3.62. The first-order valence-corrected chi connectivity index (χ1v) is 7.57. The number of hydrogen-bond acceptors (Lipinski definition) is 2. The van der Waals surface area contributed by atoms with E-state index in [9.17, 15) is 5.11 Å². The van der Waals surface area contributed by atoms with E-state index in [4.69, 9.17) is 4.74 Å². The molecular formula is C18H30O2. The Balaban J connectivity index is 3.40. The van der Waals surface area contributed by atoms with Crippen LogP contribution in [0, 0.1) is 25.7 Å². The first-order chi connectivity index (χ1) is 9.19. The van der Waals surface area contributed by atoms with E-state index in [0.717, 1.165) is 29.7 Å². The van der Waals surface area contributed by atoms with Gasteiger partial charge in [-0.1, -0.05) is 33.8 Å². The van der Waals surface area contributed by atoms with Gasteiger partial charge in [-0.15, -0.1) is 0 Å². The molecule has 0 aliphatic carbocycles. The molecule has 1 aromatic carbocycles. The molecule has 0 spiro atoms. The second-order valence-electron chi connectivity index (χ2n) is 6.89. The van der Waals surface area contributed by atoms with Crippen molar-refractivity contribution in [2.75, 3.05) is 7.11 Å². The van der Waals surface area contributed by atoms with Crippen molar-refractivity contribution < 1.29 is 9.84 Å². The Morgan fingerprint density at radius 2 is 1.55 bits per heavy atom. The Hall–Kier alpha value is -1.02. The highest BCUT2D eigenvalue weighted by molar-refractivity contribution is 5.46. The molecule has 0 unspecified atom stereocenters. The minimum absolute atomic E-state index is 0.434. The van der Waals surface area contributed by atoms with Crippen molar-refractivity contribution in [1.29, 1.82) is 0 Å². The van der Waals surface area contributed by atoms with E-state index < -0.39 is 5.60 Å². The maximum absolute atomic E-state index is 11.3. The lowest BCUT2D eigenvalue weighted by molar-refractivity contribution is -0.00694. The normalized spacial score (nSPS) is 12.3. The van der Waals surface area contributed by atoms with Crippen molar-refractivity contribution in [2.45, 2.75) is 60.0 Å². The molecule has 20 heavy (non-hydrogen) atoms. The van der Waals surface area contributed by atoms with Crippen LogP contribution in [0.2, 0.25) is 0 Å². The van der Waals surface area contributed by atoms with Crippen LogP contribution in [0.1, 0.15) is 57.2 Å². The Bertz CT molecular complexity index is 437. The molecular weight excluding hydrogens is 248 g/mol. The molecule has 1 aromatic rings. The van der Waals surface area contributed by atoms with Gasteiger partial charge in [0.1, 0.15) is 5.75 Å². The summed E-state index contributed by atoms with van der Waals surface area (Å²) >= 11 is 0. The molecule has 0 bridgehead atoms. The molecule has 1 N–H and O–H groups in total. The summed E-state index contributed by atoms with van der Waals surface area (Å²) < 4.78 is 5.56. The zero-order valence-electron chi connectivity index (χ0n) is 14.1. The van der Waals surface area contributed by atoms with Crippen molar-refractivity contribution in [1.82, 2.24) is 0 Å². The molecule has 0 aliphatic heterocycles. The second-order valence-corrected chi connectivity index (χ2v) is 6.89. The lowest BCUT2D eigenvalue weighted by Crippen LogP contribution is -2.31. The number of aryl methyl sites for hydroxylation is 2. The molecule has 0 radical (unpaired) electrons. The third-order valence-corrected chi connectivity index (χ3v) is 3.62. The summed E-state index contributed by atoms with van der Waals surface area (Å²) in [7, 11) is 1.68. The predicted molar refractivity (Wildman–Crippen MR) is 85.3 cm³/mol.